The summed E-state index contributed by atoms with van der Waals surface area (Å²) in [5.41, 5.74) is 5.89. The average Bonchev–Trinajstić information content (AvgIpc) is 2.41. The molecule has 2 rings (SSSR count). The molecule has 0 radical (unpaired) electrons. The van der Waals surface area contributed by atoms with Crippen LogP contribution in [0.25, 0.3) is 0 Å². The number of benzene rings is 1. The predicted molar refractivity (Wildman–Crippen MR) is 78.8 cm³/mol. The number of anilines is 1. The minimum absolute atomic E-state index is 0.0781. The van der Waals surface area contributed by atoms with Gasteiger partial charge in [-0.15, -0.1) is 0 Å². The second-order valence-electron chi connectivity index (χ2n) is 5.62. The standard InChI is InChI=1S/C14H21N3O4/c1-16(10-14(18)5-7-21-8-6-14)9-11-3-2-4-12(13(11)15)17(19)20/h2-4,18H,5-10,15H2,1H3. The Morgan fingerprint density at radius 3 is 2.76 bits per heavy atom. The highest BCUT2D eigenvalue weighted by atomic mass is 16.6. The third-order valence-corrected chi connectivity index (χ3v) is 3.80. The van der Waals surface area contributed by atoms with Crippen molar-refractivity contribution < 1.29 is 14.8 Å². The van der Waals surface area contributed by atoms with E-state index in [1.165, 1.54) is 6.07 Å². The molecule has 0 amide bonds. The minimum Gasteiger partial charge on any atom is -0.393 e. The maximum Gasteiger partial charge on any atom is 0.292 e. The van der Waals surface area contributed by atoms with Gasteiger partial charge in [0.05, 0.1) is 10.5 Å². The van der Waals surface area contributed by atoms with E-state index in [1.807, 2.05) is 11.9 Å². The Hall–Kier alpha value is -1.70. The van der Waals surface area contributed by atoms with Gasteiger partial charge in [-0.2, -0.15) is 0 Å². The lowest BCUT2D eigenvalue weighted by molar-refractivity contribution is -0.384. The fourth-order valence-electron chi connectivity index (χ4n) is 2.66. The second kappa shape index (κ2) is 6.38. The van der Waals surface area contributed by atoms with Crippen molar-refractivity contribution in [3.05, 3.63) is 33.9 Å². The first-order chi connectivity index (χ1) is 9.91. The van der Waals surface area contributed by atoms with Gasteiger partial charge in [0, 0.05) is 45.2 Å². The lowest BCUT2D eigenvalue weighted by Gasteiger charge is -2.35. The van der Waals surface area contributed by atoms with E-state index in [-0.39, 0.29) is 11.4 Å². The highest BCUT2D eigenvalue weighted by Gasteiger charge is 2.31. The number of nitro groups is 1. The third-order valence-electron chi connectivity index (χ3n) is 3.80. The van der Waals surface area contributed by atoms with Gasteiger partial charge in [0.15, 0.2) is 0 Å². The Kier molecular flexibility index (Phi) is 4.76. The molecule has 21 heavy (non-hydrogen) atoms. The summed E-state index contributed by atoms with van der Waals surface area (Å²) in [6.07, 6.45) is 1.20. The number of ether oxygens (including phenoxy) is 1. The highest BCUT2D eigenvalue weighted by Crippen LogP contribution is 2.27. The quantitative estimate of drug-likeness (QED) is 0.480. The van der Waals surface area contributed by atoms with Crippen LogP contribution in [0, 0.1) is 10.1 Å². The Balaban J connectivity index is 2.04. The summed E-state index contributed by atoms with van der Waals surface area (Å²) in [4.78, 5) is 12.3. The number of nitrogen functional groups attached to an aromatic ring is 1. The van der Waals surface area contributed by atoms with Gasteiger partial charge in [-0.3, -0.25) is 15.0 Å². The van der Waals surface area contributed by atoms with Crippen LogP contribution in [-0.2, 0) is 11.3 Å². The van der Waals surface area contributed by atoms with Crippen LogP contribution < -0.4 is 5.73 Å². The van der Waals surface area contributed by atoms with Crippen LogP contribution in [0.2, 0.25) is 0 Å². The molecule has 0 unspecified atom stereocenters. The lowest BCUT2D eigenvalue weighted by atomic mass is 9.94. The van der Waals surface area contributed by atoms with Crippen molar-refractivity contribution in [1.29, 1.82) is 0 Å². The van der Waals surface area contributed by atoms with Crippen LogP contribution in [0.5, 0.6) is 0 Å². The van der Waals surface area contributed by atoms with Gasteiger partial charge < -0.3 is 15.6 Å². The average molecular weight is 295 g/mol. The van der Waals surface area contributed by atoms with Gasteiger partial charge in [0.2, 0.25) is 0 Å². The molecule has 1 heterocycles. The number of hydrogen-bond donors (Lipinski definition) is 2. The molecule has 0 atom stereocenters. The first kappa shape index (κ1) is 15.7. The van der Waals surface area contributed by atoms with Gasteiger partial charge in [-0.05, 0) is 12.6 Å². The van der Waals surface area contributed by atoms with E-state index in [9.17, 15) is 15.2 Å². The number of nitro benzene ring substituents is 1. The molecule has 0 aliphatic carbocycles. The molecular weight excluding hydrogens is 274 g/mol. The van der Waals surface area contributed by atoms with E-state index in [0.717, 1.165) is 0 Å². The van der Waals surface area contributed by atoms with Gasteiger partial charge in [-0.1, -0.05) is 12.1 Å². The first-order valence-corrected chi connectivity index (χ1v) is 6.92. The normalized spacial score (nSPS) is 17.9. The molecule has 0 aromatic heterocycles. The summed E-state index contributed by atoms with van der Waals surface area (Å²) >= 11 is 0. The maximum atomic E-state index is 10.9. The number of nitrogens with zero attached hydrogens (tertiary/aromatic N) is 2. The molecule has 1 fully saturated rings. The van der Waals surface area contributed by atoms with E-state index in [0.29, 0.717) is 44.7 Å². The van der Waals surface area contributed by atoms with Crippen molar-refractivity contribution in [2.24, 2.45) is 0 Å². The molecule has 1 aromatic carbocycles. The molecule has 0 bridgehead atoms. The SMILES string of the molecule is CN(Cc1cccc([N+](=O)[O-])c1N)CC1(O)CCOCC1. The van der Waals surface area contributed by atoms with Crippen LogP contribution in [-0.4, -0.2) is 47.3 Å². The first-order valence-electron chi connectivity index (χ1n) is 6.92. The smallest absolute Gasteiger partial charge is 0.292 e. The second-order valence-corrected chi connectivity index (χ2v) is 5.62. The maximum absolute atomic E-state index is 10.9. The zero-order chi connectivity index (χ0) is 15.5. The Bertz CT molecular complexity index is 515. The molecule has 7 heteroatoms. The Labute approximate surface area is 123 Å². The van der Waals surface area contributed by atoms with Crippen molar-refractivity contribution in [2.45, 2.75) is 25.0 Å². The van der Waals surface area contributed by atoms with Crippen LogP contribution in [0.4, 0.5) is 11.4 Å². The summed E-state index contributed by atoms with van der Waals surface area (Å²) in [5.74, 6) is 0. The summed E-state index contributed by atoms with van der Waals surface area (Å²) in [6.45, 7) is 2.06. The number of aliphatic hydroxyl groups is 1. The fourth-order valence-corrected chi connectivity index (χ4v) is 2.66. The lowest BCUT2D eigenvalue weighted by Crippen LogP contribution is -2.45. The van der Waals surface area contributed by atoms with Crippen LogP contribution in [0.15, 0.2) is 18.2 Å². The van der Waals surface area contributed by atoms with Crippen molar-refractivity contribution in [2.75, 3.05) is 32.5 Å². The molecule has 1 aliphatic heterocycles. The molecule has 0 saturated carbocycles. The van der Waals surface area contributed by atoms with Crippen molar-refractivity contribution >= 4 is 11.4 Å². The zero-order valence-corrected chi connectivity index (χ0v) is 12.1. The van der Waals surface area contributed by atoms with E-state index >= 15 is 0 Å². The number of hydrogen-bond acceptors (Lipinski definition) is 6. The topological polar surface area (TPSA) is 102 Å². The summed E-state index contributed by atoms with van der Waals surface area (Å²) < 4.78 is 5.25. The van der Waals surface area contributed by atoms with Crippen LogP contribution in [0.1, 0.15) is 18.4 Å². The third kappa shape index (κ3) is 3.90. The molecule has 1 saturated heterocycles. The number of rotatable bonds is 5. The number of nitrogens with two attached hydrogens (primary N) is 1. The number of likely N-dealkylation sites (N-methyl/N-ethyl adjacent to an activating group) is 1. The van der Waals surface area contributed by atoms with E-state index in [4.69, 9.17) is 10.5 Å². The molecule has 3 N–H and O–H groups in total. The predicted octanol–water partition coefficient (Wildman–Crippen LogP) is 1.15. The van der Waals surface area contributed by atoms with Gasteiger partial charge >= 0.3 is 0 Å². The van der Waals surface area contributed by atoms with E-state index in [2.05, 4.69) is 0 Å². The van der Waals surface area contributed by atoms with Crippen LogP contribution >= 0.6 is 0 Å². The number of para-hydroxylation sites is 1. The Morgan fingerprint density at radius 2 is 2.14 bits per heavy atom. The fraction of sp³-hybridized carbons (Fsp3) is 0.571. The van der Waals surface area contributed by atoms with Crippen LogP contribution in [0.3, 0.4) is 0 Å². The largest absolute Gasteiger partial charge is 0.393 e. The van der Waals surface area contributed by atoms with Crippen molar-refractivity contribution in [1.82, 2.24) is 4.90 Å². The molecular formula is C14H21N3O4. The zero-order valence-electron chi connectivity index (χ0n) is 12.1. The molecule has 1 aromatic rings. The van der Waals surface area contributed by atoms with E-state index in [1.54, 1.807) is 12.1 Å². The van der Waals surface area contributed by atoms with Gasteiger partial charge in [-0.25, -0.2) is 0 Å². The van der Waals surface area contributed by atoms with Gasteiger partial charge in [0.25, 0.3) is 5.69 Å². The summed E-state index contributed by atoms with van der Waals surface area (Å²) in [6, 6.07) is 4.79. The van der Waals surface area contributed by atoms with E-state index < -0.39 is 10.5 Å². The Morgan fingerprint density at radius 1 is 1.48 bits per heavy atom. The monoisotopic (exact) mass is 295 g/mol. The molecule has 7 nitrogen and oxygen atoms in total. The molecule has 0 spiro atoms. The summed E-state index contributed by atoms with van der Waals surface area (Å²) in [7, 11) is 1.87. The minimum atomic E-state index is -0.761. The molecule has 1 aliphatic rings. The molecule has 116 valence electrons. The summed E-state index contributed by atoms with van der Waals surface area (Å²) in [5, 5.41) is 21.4. The van der Waals surface area contributed by atoms with Crippen molar-refractivity contribution in [3.8, 4) is 0 Å². The van der Waals surface area contributed by atoms with Gasteiger partial charge in [0.1, 0.15) is 5.69 Å². The van der Waals surface area contributed by atoms with Crippen molar-refractivity contribution in [3.63, 3.8) is 0 Å². The highest BCUT2D eigenvalue weighted by molar-refractivity contribution is 5.62.